The highest BCUT2D eigenvalue weighted by Crippen LogP contribution is 2.27. The zero-order valence-corrected chi connectivity index (χ0v) is 10.0. The molecule has 0 bridgehead atoms. The van der Waals surface area contributed by atoms with Gasteiger partial charge in [-0.3, -0.25) is 4.98 Å². The van der Waals surface area contributed by atoms with Crippen LogP contribution in [-0.4, -0.2) is 20.8 Å². The molecule has 3 rings (SSSR count). The summed E-state index contributed by atoms with van der Waals surface area (Å²) >= 11 is 1.21. The summed E-state index contributed by atoms with van der Waals surface area (Å²) in [6.45, 7) is 0. The van der Waals surface area contributed by atoms with E-state index in [0.717, 1.165) is 28.0 Å². The van der Waals surface area contributed by atoms with Crippen molar-refractivity contribution in [2.75, 3.05) is 12.4 Å². The maximum Gasteiger partial charge on any atom is 0.167 e. The topological polar surface area (TPSA) is 50.7 Å². The summed E-state index contributed by atoms with van der Waals surface area (Å²) in [5.74, 6) is 0.810. The summed E-state index contributed by atoms with van der Waals surface area (Å²) in [5.41, 5.74) is 2.89. The van der Waals surface area contributed by atoms with E-state index < -0.39 is 0 Å². The van der Waals surface area contributed by atoms with Gasteiger partial charge >= 0.3 is 0 Å². The molecule has 84 valence electrons. The number of fused-ring (bicyclic) bond motifs is 1. The van der Waals surface area contributed by atoms with Gasteiger partial charge in [0.05, 0.1) is 17.2 Å². The number of pyridine rings is 1. The Labute approximate surface area is 103 Å². The smallest absolute Gasteiger partial charge is 0.167 e. The first kappa shape index (κ1) is 10.2. The van der Waals surface area contributed by atoms with Crippen molar-refractivity contribution in [1.29, 1.82) is 0 Å². The molecule has 2 aromatic heterocycles. The maximum absolute atomic E-state index is 4.34. The monoisotopic (exact) mass is 242 g/mol. The zero-order valence-electron chi connectivity index (χ0n) is 9.21. The molecular weight excluding hydrogens is 232 g/mol. The van der Waals surface area contributed by atoms with Crippen LogP contribution < -0.4 is 5.32 Å². The number of nitrogens with one attached hydrogen (secondary N) is 1. The first-order chi connectivity index (χ1) is 8.38. The third-order valence-corrected chi connectivity index (χ3v) is 3.13. The lowest BCUT2D eigenvalue weighted by atomic mass is 10.1. The fraction of sp³-hybridized carbons (Fsp3) is 0.0833. The molecule has 4 nitrogen and oxygen atoms in total. The summed E-state index contributed by atoms with van der Waals surface area (Å²) in [6, 6.07) is 10.1. The number of benzene rings is 1. The Balaban J connectivity index is 2.18. The third kappa shape index (κ3) is 1.74. The Morgan fingerprint density at radius 1 is 1.18 bits per heavy atom. The van der Waals surface area contributed by atoms with Crippen LogP contribution >= 0.6 is 11.7 Å². The van der Waals surface area contributed by atoms with Crippen molar-refractivity contribution in [3.8, 4) is 11.3 Å². The Morgan fingerprint density at radius 3 is 3.00 bits per heavy atom. The van der Waals surface area contributed by atoms with E-state index in [1.54, 1.807) is 6.20 Å². The predicted octanol–water partition coefficient (Wildman–Crippen LogP) is 2.80. The van der Waals surface area contributed by atoms with Crippen molar-refractivity contribution in [2.45, 2.75) is 0 Å². The summed E-state index contributed by atoms with van der Waals surface area (Å²) < 4.78 is 8.49. The van der Waals surface area contributed by atoms with Gasteiger partial charge in [-0.1, -0.05) is 18.2 Å². The van der Waals surface area contributed by atoms with Gasteiger partial charge in [-0.2, -0.15) is 8.75 Å². The molecule has 1 N–H and O–H groups in total. The van der Waals surface area contributed by atoms with Gasteiger partial charge in [0.25, 0.3) is 0 Å². The van der Waals surface area contributed by atoms with Gasteiger partial charge < -0.3 is 5.32 Å². The minimum Gasteiger partial charge on any atom is -0.370 e. The van der Waals surface area contributed by atoms with E-state index in [4.69, 9.17) is 0 Å². The van der Waals surface area contributed by atoms with Gasteiger partial charge in [0.15, 0.2) is 5.82 Å². The molecule has 3 aromatic rings. The molecule has 2 heterocycles. The quantitative estimate of drug-likeness (QED) is 0.750. The van der Waals surface area contributed by atoms with Crippen molar-refractivity contribution in [2.24, 2.45) is 0 Å². The third-order valence-electron chi connectivity index (χ3n) is 2.60. The van der Waals surface area contributed by atoms with Crippen molar-refractivity contribution >= 4 is 28.4 Å². The normalized spacial score (nSPS) is 10.6. The standard InChI is InChI=1S/C12H10N4S/c1-13-12-11(15-17-16-12)9-5-4-8-3-2-6-14-10(8)7-9/h2-7H,1H3,(H,13,16). The molecule has 0 fully saturated rings. The van der Waals surface area contributed by atoms with Crippen LogP contribution in [0.3, 0.4) is 0 Å². The minimum atomic E-state index is 0.810. The van der Waals surface area contributed by atoms with Crippen LogP contribution in [0, 0.1) is 0 Å². The minimum absolute atomic E-state index is 0.810. The number of hydrogen-bond donors (Lipinski definition) is 1. The number of hydrogen-bond acceptors (Lipinski definition) is 5. The van der Waals surface area contributed by atoms with E-state index in [9.17, 15) is 0 Å². The molecule has 0 saturated heterocycles. The van der Waals surface area contributed by atoms with Crippen molar-refractivity contribution in [1.82, 2.24) is 13.7 Å². The highest BCUT2D eigenvalue weighted by atomic mass is 32.1. The fourth-order valence-electron chi connectivity index (χ4n) is 1.76. The van der Waals surface area contributed by atoms with E-state index in [0.29, 0.717) is 0 Å². The van der Waals surface area contributed by atoms with Gasteiger partial charge in [-0.05, 0) is 12.1 Å². The molecule has 0 amide bonds. The average Bonchev–Trinajstić information content (AvgIpc) is 2.86. The van der Waals surface area contributed by atoms with Crippen LogP contribution in [0.15, 0.2) is 36.5 Å². The average molecular weight is 242 g/mol. The Bertz CT molecular complexity index is 662. The predicted molar refractivity (Wildman–Crippen MR) is 70.2 cm³/mol. The molecule has 0 saturated carbocycles. The lowest BCUT2D eigenvalue weighted by Gasteiger charge is -2.02. The fourth-order valence-corrected chi connectivity index (χ4v) is 2.33. The lowest BCUT2D eigenvalue weighted by Crippen LogP contribution is -1.91. The highest BCUT2D eigenvalue weighted by Gasteiger charge is 2.09. The maximum atomic E-state index is 4.34. The Hall–Kier alpha value is -2.01. The summed E-state index contributed by atoms with van der Waals surface area (Å²) in [5, 5.41) is 4.17. The van der Waals surface area contributed by atoms with Crippen molar-refractivity contribution in [3.05, 3.63) is 36.5 Å². The van der Waals surface area contributed by atoms with Gasteiger partial charge in [0.2, 0.25) is 0 Å². The second kappa shape index (κ2) is 4.10. The zero-order chi connectivity index (χ0) is 11.7. The van der Waals surface area contributed by atoms with E-state index >= 15 is 0 Å². The van der Waals surface area contributed by atoms with Crippen LogP contribution in [-0.2, 0) is 0 Å². The molecule has 0 atom stereocenters. The number of aromatic nitrogens is 3. The summed E-state index contributed by atoms with van der Waals surface area (Å²) in [6.07, 6.45) is 1.80. The first-order valence-electron chi connectivity index (χ1n) is 5.24. The summed E-state index contributed by atoms with van der Waals surface area (Å²) in [7, 11) is 1.85. The number of nitrogens with zero attached hydrogens (tertiary/aromatic N) is 3. The number of rotatable bonds is 2. The molecule has 5 heteroatoms. The van der Waals surface area contributed by atoms with Crippen molar-refractivity contribution < 1.29 is 0 Å². The van der Waals surface area contributed by atoms with E-state index in [1.165, 1.54) is 11.7 Å². The van der Waals surface area contributed by atoms with Crippen LogP contribution in [0.25, 0.3) is 22.2 Å². The number of anilines is 1. The molecule has 0 spiro atoms. The largest absolute Gasteiger partial charge is 0.370 e. The first-order valence-corrected chi connectivity index (χ1v) is 5.97. The molecule has 1 aromatic carbocycles. The van der Waals surface area contributed by atoms with Gasteiger partial charge in [-0.15, -0.1) is 0 Å². The van der Waals surface area contributed by atoms with E-state index in [-0.39, 0.29) is 0 Å². The van der Waals surface area contributed by atoms with Crippen LogP contribution in [0.1, 0.15) is 0 Å². The van der Waals surface area contributed by atoms with Crippen LogP contribution in [0.5, 0.6) is 0 Å². The Kier molecular flexibility index (Phi) is 2.45. The summed E-state index contributed by atoms with van der Waals surface area (Å²) in [4.78, 5) is 4.34. The van der Waals surface area contributed by atoms with Crippen LogP contribution in [0.2, 0.25) is 0 Å². The molecular formula is C12H10N4S. The lowest BCUT2D eigenvalue weighted by molar-refractivity contribution is 1.39. The molecule has 0 aliphatic carbocycles. The van der Waals surface area contributed by atoms with Crippen molar-refractivity contribution in [3.63, 3.8) is 0 Å². The molecule has 0 aliphatic heterocycles. The molecule has 0 unspecified atom stereocenters. The van der Waals surface area contributed by atoms with E-state index in [2.05, 4.69) is 25.1 Å². The molecule has 0 aliphatic rings. The molecule has 17 heavy (non-hydrogen) atoms. The van der Waals surface area contributed by atoms with E-state index in [1.807, 2.05) is 31.3 Å². The second-order valence-corrected chi connectivity index (χ2v) is 4.15. The van der Waals surface area contributed by atoms with Gasteiger partial charge in [0.1, 0.15) is 5.69 Å². The highest BCUT2D eigenvalue weighted by molar-refractivity contribution is 6.99. The van der Waals surface area contributed by atoms with Gasteiger partial charge in [0, 0.05) is 24.2 Å². The van der Waals surface area contributed by atoms with Gasteiger partial charge in [-0.25, -0.2) is 0 Å². The van der Waals surface area contributed by atoms with Crippen LogP contribution in [0.4, 0.5) is 5.82 Å². The molecule has 0 radical (unpaired) electrons. The second-order valence-electron chi connectivity index (χ2n) is 3.62. The SMILES string of the molecule is CNc1nsnc1-c1ccc2cccnc2c1. The Morgan fingerprint density at radius 2 is 2.12 bits per heavy atom.